The van der Waals surface area contributed by atoms with Gasteiger partial charge in [-0.1, -0.05) is 19.1 Å². The number of para-hydroxylation sites is 2. The van der Waals surface area contributed by atoms with Crippen LogP contribution in [0.5, 0.6) is 0 Å². The smallest absolute Gasteiger partial charge is 0.310 e. The highest BCUT2D eigenvalue weighted by atomic mass is 127. The van der Waals surface area contributed by atoms with Gasteiger partial charge in [0.2, 0.25) is 0 Å². The zero-order valence-corrected chi connectivity index (χ0v) is 20.1. The summed E-state index contributed by atoms with van der Waals surface area (Å²) in [5, 5.41) is 3.36. The van der Waals surface area contributed by atoms with Gasteiger partial charge in [-0.25, -0.2) is 4.98 Å². The molecule has 1 N–H and O–H groups in total. The Kier molecular flexibility index (Phi) is 8.73. The number of esters is 1. The van der Waals surface area contributed by atoms with Crippen molar-refractivity contribution in [2.45, 2.75) is 33.7 Å². The zero-order chi connectivity index (χ0) is 20.1. The van der Waals surface area contributed by atoms with Gasteiger partial charge in [0.1, 0.15) is 5.82 Å². The van der Waals surface area contributed by atoms with Crippen molar-refractivity contribution in [3.8, 4) is 0 Å². The first-order valence-corrected chi connectivity index (χ1v) is 10.1. The molecule has 0 radical (unpaired) electrons. The molecule has 0 bridgehead atoms. The summed E-state index contributed by atoms with van der Waals surface area (Å²) >= 11 is 0. The number of nitrogens with one attached hydrogen (secondary N) is 1. The first kappa shape index (κ1) is 23.4. The summed E-state index contributed by atoms with van der Waals surface area (Å²) in [4.78, 5) is 23.6. The molecule has 8 heteroatoms. The van der Waals surface area contributed by atoms with E-state index in [0.29, 0.717) is 6.54 Å². The summed E-state index contributed by atoms with van der Waals surface area (Å²) in [6.45, 7) is 10.1. The van der Waals surface area contributed by atoms with Crippen LogP contribution < -0.4 is 5.32 Å². The molecule has 2 unspecified atom stereocenters. The molecule has 2 atom stereocenters. The number of benzene rings is 1. The number of halogens is 1. The van der Waals surface area contributed by atoms with Gasteiger partial charge in [-0.3, -0.25) is 9.79 Å². The zero-order valence-electron chi connectivity index (χ0n) is 17.7. The van der Waals surface area contributed by atoms with Crippen LogP contribution >= 0.6 is 24.0 Å². The number of carbonyl (C=O) groups excluding carboxylic acids is 1. The molecule has 0 saturated carbocycles. The van der Waals surface area contributed by atoms with E-state index in [1.807, 2.05) is 25.1 Å². The fraction of sp³-hybridized carbons (Fsp3) is 0.571. The normalized spacial score (nSPS) is 19.3. The highest BCUT2D eigenvalue weighted by molar-refractivity contribution is 14.0. The molecule has 1 saturated heterocycles. The lowest BCUT2D eigenvalue weighted by Crippen LogP contribution is -2.40. The molecule has 1 aliphatic heterocycles. The van der Waals surface area contributed by atoms with E-state index in [-0.39, 0.29) is 41.8 Å². The van der Waals surface area contributed by atoms with E-state index >= 15 is 0 Å². The van der Waals surface area contributed by atoms with Gasteiger partial charge >= 0.3 is 5.97 Å². The molecule has 3 rings (SSSR count). The molecule has 1 aromatic carbocycles. The maximum Gasteiger partial charge on any atom is 0.310 e. The SMILES string of the molecule is CCNC(=NCCCn1c(C)nc2ccccc21)N1CC(C)C(C(=O)OC)C1.I. The minimum absolute atomic E-state index is 0. The van der Waals surface area contributed by atoms with Gasteiger partial charge < -0.3 is 19.5 Å². The van der Waals surface area contributed by atoms with Crippen LogP contribution in [0.3, 0.4) is 0 Å². The predicted molar refractivity (Wildman–Crippen MR) is 127 cm³/mol. The molecule has 2 heterocycles. The first-order chi connectivity index (χ1) is 13.5. The maximum absolute atomic E-state index is 12.0. The first-order valence-electron chi connectivity index (χ1n) is 10.1. The number of carbonyl (C=O) groups is 1. The van der Waals surface area contributed by atoms with Crippen molar-refractivity contribution in [3.63, 3.8) is 0 Å². The van der Waals surface area contributed by atoms with Crippen LogP contribution in [-0.4, -0.2) is 59.7 Å². The van der Waals surface area contributed by atoms with Crippen LogP contribution in [-0.2, 0) is 16.1 Å². The molecule has 0 aliphatic carbocycles. The third-order valence-corrected chi connectivity index (χ3v) is 5.40. The molecule has 1 aromatic heterocycles. The molecule has 7 nitrogen and oxygen atoms in total. The predicted octanol–water partition coefficient (Wildman–Crippen LogP) is 3.06. The number of methoxy groups -OCH3 is 1. The summed E-state index contributed by atoms with van der Waals surface area (Å²) < 4.78 is 7.20. The van der Waals surface area contributed by atoms with Gasteiger partial charge in [0, 0.05) is 32.7 Å². The minimum Gasteiger partial charge on any atom is -0.469 e. The summed E-state index contributed by atoms with van der Waals surface area (Å²) in [7, 11) is 1.46. The van der Waals surface area contributed by atoms with Crippen molar-refractivity contribution in [2.24, 2.45) is 16.8 Å². The molecular weight excluding hydrogens is 481 g/mol. The van der Waals surface area contributed by atoms with Gasteiger partial charge in [0.15, 0.2) is 5.96 Å². The molecular formula is C21H32IN5O2. The fourth-order valence-electron chi connectivity index (χ4n) is 3.92. The minimum atomic E-state index is -0.131. The Morgan fingerprint density at radius 3 is 2.83 bits per heavy atom. The Morgan fingerprint density at radius 2 is 2.10 bits per heavy atom. The number of aromatic nitrogens is 2. The topological polar surface area (TPSA) is 71.8 Å². The molecule has 2 aromatic rings. The molecule has 160 valence electrons. The molecule has 1 fully saturated rings. The Bertz CT molecular complexity index is 851. The average molecular weight is 513 g/mol. The van der Waals surface area contributed by atoms with Gasteiger partial charge in [-0.2, -0.15) is 0 Å². The Morgan fingerprint density at radius 1 is 1.34 bits per heavy atom. The summed E-state index contributed by atoms with van der Waals surface area (Å²) in [5.41, 5.74) is 2.21. The number of hydrogen-bond acceptors (Lipinski definition) is 4. The number of likely N-dealkylation sites (tertiary alicyclic amines) is 1. The van der Waals surface area contributed by atoms with Gasteiger partial charge in [-0.15, -0.1) is 24.0 Å². The van der Waals surface area contributed by atoms with Crippen molar-refractivity contribution in [1.29, 1.82) is 0 Å². The lowest BCUT2D eigenvalue weighted by atomic mass is 9.99. The van der Waals surface area contributed by atoms with E-state index in [9.17, 15) is 4.79 Å². The highest BCUT2D eigenvalue weighted by Crippen LogP contribution is 2.24. The second-order valence-corrected chi connectivity index (χ2v) is 7.40. The number of aliphatic imine (C=N–C) groups is 1. The lowest BCUT2D eigenvalue weighted by Gasteiger charge is -2.21. The van der Waals surface area contributed by atoms with Gasteiger partial charge in [0.05, 0.1) is 24.1 Å². The van der Waals surface area contributed by atoms with Gasteiger partial charge in [-0.05, 0) is 38.3 Å². The monoisotopic (exact) mass is 513 g/mol. The van der Waals surface area contributed by atoms with Crippen molar-refractivity contribution in [1.82, 2.24) is 19.8 Å². The van der Waals surface area contributed by atoms with E-state index in [0.717, 1.165) is 49.9 Å². The molecule has 1 aliphatic rings. The highest BCUT2D eigenvalue weighted by Gasteiger charge is 2.36. The number of imidazole rings is 1. The van der Waals surface area contributed by atoms with Crippen molar-refractivity contribution in [2.75, 3.05) is 33.3 Å². The Hall–Kier alpha value is -1.84. The number of hydrogen-bond donors (Lipinski definition) is 1. The van der Waals surface area contributed by atoms with Crippen LogP contribution in [0, 0.1) is 18.8 Å². The van der Waals surface area contributed by atoms with Crippen molar-refractivity contribution in [3.05, 3.63) is 30.1 Å². The molecule has 0 spiro atoms. The van der Waals surface area contributed by atoms with Crippen molar-refractivity contribution >= 4 is 46.9 Å². The number of nitrogens with zero attached hydrogens (tertiary/aromatic N) is 4. The van der Waals surface area contributed by atoms with Crippen LogP contribution in [0.15, 0.2) is 29.3 Å². The Labute approximate surface area is 189 Å². The summed E-state index contributed by atoms with van der Waals surface area (Å²) in [5.74, 6) is 1.96. The molecule has 29 heavy (non-hydrogen) atoms. The standard InChI is InChI=1S/C21H31N5O2.HI/c1-5-22-21(25-13-15(2)17(14-25)20(27)28-4)23-11-8-12-26-16(3)24-18-9-6-7-10-19(18)26;/h6-7,9-10,15,17H,5,8,11-14H2,1-4H3,(H,22,23);1H. The second-order valence-electron chi connectivity index (χ2n) is 7.40. The van der Waals surface area contributed by atoms with Crippen LogP contribution in [0.25, 0.3) is 11.0 Å². The lowest BCUT2D eigenvalue weighted by molar-refractivity contribution is -0.145. The molecule has 0 amide bonds. The Balaban J connectivity index is 0.00000300. The fourth-order valence-corrected chi connectivity index (χ4v) is 3.92. The largest absolute Gasteiger partial charge is 0.469 e. The van der Waals surface area contributed by atoms with E-state index in [1.165, 1.54) is 12.6 Å². The number of fused-ring (bicyclic) bond motifs is 1. The van der Waals surface area contributed by atoms with Gasteiger partial charge in [0.25, 0.3) is 0 Å². The van der Waals surface area contributed by atoms with Crippen molar-refractivity contribution < 1.29 is 9.53 Å². The number of rotatable bonds is 6. The summed E-state index contributed by atoms with van der Waals surface area (Å²) in [6, 6.07) is 8.23. The van der Waals surface area contributed by atoms with E-state index in [2.05, 4.69) is 39.7 Å². The number of guanidine groups is 1. The van der Waals surface area contributed by atoms with Crippen LogP contribution in [0.4, 0.5) is 0 Å². The van der Waals surface area contributed by atoms with E-state index in [1.54, 1.807) is 0 Å². The van der Waals surface area contributed by atoms with Crippen LogP contribution in [0.2, 0.25) is 0 Å². The number of aryl methyl sites for hydroxylation is 2. The average Bonchev–Trinajstić information content (AvgIpc) is 3.23. The number of ether oxygens (including phenoxy) is 1. The quantitative estimate of drug-likeness (QED) is 0.212. The second kappa shape index (κ2) is 10.8. The summed E-state index contributed by atoms with van der Waals surface area (Å²) in [6.07, 6.45) is 0.930. The van der Waals surface area contributed by atoms with Crippen LogP contribution in [0.1, 0.15) is 26.1 Å². The van der Waals surface area contributed by atoms with E-state index < -0.39 is 0 Å². The maximum atomic E-state index is 12.0. The van der Waals surface area contributed by atoms with E-state index in [4.69, 9.17) is 9.73 Å². The third-order valence-electron chi connectivity index (χ3n) is 5.40. The third kappa shape index (κ3) is 5.40.